The number of pyridine rings is 1. The molecule has 0 saturated carbocycles. The molecule has 0 bridgehead atoms. The molecule has 0 spiro atoms. The Bertz CT molecular complexity index is 975. The fourth-order valence-corrected chi connectivity index (χ4v) is 3.35. The molecule has 3 aromatic rings. The third kappa shape index (κ3) is 4.04. The summed E-state index contributed by atoms with van der Waals surface area (Å²) in [7, 11) is 1.95. The van der Waals surface area contributed by atoms with Crippen molar-refractivity contribution >= 4 is 17.5 Å². The predicted octanol–water partition coefficient (Wildman–Crippen LogP) is 3.11. The molecule has 1 aromatic carbocycles. The summed E-state index contributed by atoms with van der Waals surface area (Å²) in [6, 6.07) is 9.01. The van der Waals surface area contributed by atoms with Crippen LogP contribution in [0.15, 0.2) is 42.7 Å². The van der Waals surface area contributed by atoms with Gasteiger partial charge in [-0.15, -0.1) is 0 Å². The molecule has 0 fully saturated rings. The number of nitrogens with zero attached hydrogens (tertiary/aromatic N) is 3. The standard InChI is InChI=1S/C21H24N6O/c1-22-8-3-9-23-19-11-18-14(12-24-19)6-7-15-13-25-21(27-20(15)18)26-16-4-2-5-17(28)10-16/h2,4-5,10-13,22,28H,3,6-9H2,1H3,(H,23,24)(H,25,26,27). The summed E-state index contributed by atoms with van der Waals surface area (Å²) >= 11 is 0. The van der Waals surface area contributed by atoms with E-state index >= 15 is 0 Å². The van der Waals surface area contributed by atoms with Crippen molar-refractivity contribution < 1.29 is 5.11 Å². The quantitative estimate of drug-likeness (QED) is 0.471. The number of aromatic nitrogens is 3. The fraction of sp³-hybridized carbons (Fsp3) is 0.286. The summed E-state index contributed by atoms with van der Waals surface area (Å²) in [6.45, 7) is 1.84. The van der Waals surface area contributed by atoms with E-state index < -0.39 is 0 Å². The first kappa shape index (κ1) is 18.2. The number of phenols is 1. The van der Waals surface area contributed by atoms with Gasteiger partial charge in [0.25, 0.3) is 0 Å². The summed E-state index contributed by atoms with van der Waals surface area (Å²) < 4.78 is 0. The predicted molar refractivity (Wildman–Crippen MR) is 111 cm³/mol. The van der Waals surface area contributed by atoms with Gasteiger partial charge in [0.05, 0.1) is 5.69 Å². The van der Waals surface area contributed by atoms with E-state index in [1.165, 1.54) is 5.56 Å². The van der Waals surface area contributed by atoms with Gasteiger partial charge >= 0.3 is 0 Å². The second-order valence-electron chi connectivity index (χ2n) is 6.85. The number of nitrogens with one attached hydrogen (secondary N) is 3. The van der Waals surface area contributed by atoms with E-state index in [0.29, 0.717) is 5.95 Å². The van der Waals surface area contributed by atoms with Crippen LogP contribution in [-0.4, -0.2) is 40.2 Å². The van der Waals surface area contributed by atoms with Crippen LogP contribution in [0.5, 0.6) is 5.75 Å². The van der Waals surface area contributed by atoms with Crippen molar-refractivity contribution in [3.8, 4) is 17.0 Å². The number of hydrogen-bond acceptors (Lipinski definition) is 7. The van der Waals surface area contributed by atoms with E-state index in [1.54, 1.807) is 18.2 Å². The first-order valence-corrected chi connectivity index (χ1v) is 9.52. The highest BCUT2D eigenvalue weighted by Gasteiger charge is 2.19. The average molecular weight is 376 g/mol. The zero-order valence-corrected chi connectivity index (χ0v) is 15.9. The molecule has 0 saturated heterocycles. The summed E-state index contributed by atoms with van der Waals surface area (Å²) in [4.78, 5) is 13.7. The van der Waals surface area contributed by atoms with Crippen LogP contribution in [0.4, 0.5) is 17.5 Å². The van der Waals surface area contributed by atoms with Crippen LogP contribution in [0.3, 0.4) is 0 Å². The van der Waals surface area contributed by atoms with E-state index in [1.807, 2.05) is 25.5 Å². The van der Waals surface area contributed by atoms with Gasteiger partial charge in [0.15, 0.2) is 0 Å². The van der Waals surface area contributed by atoms with Gasteiger partial charge < -0.3 is 21.1 Å². The lowest BCUT2D eigenvalue weighted by Crippen LogP contribution is -2.14. The molecule has 1 aliphatic carbocycles. The van der Waals surface area contributed by atoms with Gasteiger partial charge in [-0.1, -0.05) is 6.07 Å². The van der Waals surface area contributed by atoms with Gasteiger partial charge in [-0.25, -0.2) is 15.0 Å². The molecular weight excluding hydrogens is 352 g/mol. The van der Waals surface area contributed by atoms with Crippen LogP contribution in [0.25, 0.3) is 11.3 Å². The molecule has 0 unspecified atom stereocenters. The van der Waals surface area contributed by atoms with Crippen LogP contribution in [0.1, 0.15) is 17.5 Å². The van der Waals surface area contributed by atoms with Crippen molar-refractivity contribution in [3.05, 3.63) is 53.9 Å². The first-order chi connectivity index (χ1) is 13.7. The van der Waals surface area contributed by atoms with Crippen LogP contribution in [0, 0.1) is 0 Å². The van der Waals surface area contributed by atoms with Gasteiger partial charge in [0.2, 0.25) is 5.95 Å². The maximum absolute atomic E-state index is 9.65. The van der Waals surface area contributed by atoms with Crippen molar-refractivity contribution in [1.29, 1.82) is 0 Å². The molecule has 2 heterocycles. The third-order valence-electron chi connectivity index (χ3n) is 4.78. The summed E-state index contributed by atoms with van der Waals surface area (Å²) in [5, 5.41) is 19.3. The zero-order valence-electron chi connectivity index (χ0n) is 15.9. The van der Waals surface area contributed by atoms with Crippen molar-refractivity contribution in [2.24, 2.45) is 0 Å². The van der Waals surface area contributed by atoms with Crippen LogP contribution in [0.2, 0.25) is 0 Å². The smallest absolute Gasteiger partial charge is 0.227 e. The molecule has 0 amide bonds. The topological polar surface area (TPSA) is 95.0 Å². The molecule has 2 aromatic heterocycles. The zero-order chi connectivity index (χ0) is 19.3. The monoisotopic (exact) mass is 376 g/mol. The number of hydrogen-bond donors (Lipinski definition) is 4. The highest BCUT2D eigenvalue weighted by Crippen LogP contribution is 2.33. The van der Waals surface area contributed by atoms with Crippen molar-refractivity contribution in [3.63, 3.8) is 0 Å². The highest BCUT2D eigenvalue weighted by atomic mass is 16.3. The number of aromatic hydroxyl groups is 1. The Morgan fingerprint density at radius 1 is 1.04 bits per heavy atom. The molecule has 7 nitrogen and oxygen atoms in total. The van der Waals surface area contributed by atoms with E-state index in [2.05, 4.69) is 32.0 Å². The summed E-state index contributed by atoms with van der Waals surface area (Å²) in [5.74, 6) is 1.58. The van der Waals surface area contributed by atoms with E-state index in [9.17, 15) is 5.11 Å². The van der Waals surface area contributed by atoms with E-state index in [-0.39, 0.29) is 5.75 Å². The van der Waals surface area contributed by atoms with E-state index in [4.69, 9.17) is 4.98 Å². The summed E-state index contributed by atoms with van der Waals surface area (Å²) in [6.07, 6.45) is 6.72. The Kier molecular flexibility index (Phi) is 5.34. The maximum atomic E-state index is 9.65. The minimum absolute atomic E-state index is 0.202. The summed E-state index contributed by atoms with van der Waals surface area (Å²) in [5.41, 5.74) is 5.14. The molecular formula is C21H24N6O. The Morgan fingerprint density at radius 3 is 2.75 bits per heavy atom. The van der Waals surface area contributed by atoms with Gasteiger partial charge in [-0.3, -0.25) is 0 Å². The van der Waals surface area contributed by atoms with Crippen LogP contribution < -0.4 is 16.0 Å². The van der Waals surface area contributed by atoms with Crippen LogP contribution >= 0.6 is 0 Å². The Morgan fingerprint density at radius 2 is 1.89 bits per heavy atom. The Hall–Kier alpha value is -3.19. The number of anilines is 3. The average Bonchev–Trinajstić information content (AvgIpc) is 2.71. The van der Waals surface area contributed by atoms with Crippen molar-refractivity contribution in [2.45, 2.75) is 19.3 Å². The minimum atomic E-state index is 0.202. The SMILES string of the molecule is CNCCCNc1cc2c(cn1)CCc1cnc(Nc3cccc(O)c3)nc1-2. The lowest BCUT2D eigenvalue weighted by atomic mass is 9.91. The fourth-order valence-electron chi connectivity index (χ4n) is 3.35. The molecule has 0 radical (unpaired) electrons. The number of fused-ring (bicyclic) bond motifs is 3. The molecule has 7 heteroatoms. The maximum Gasteiger partial charge on any atom is 0.227 e. The number of phenolic OH excluding ortho intramolecular Hbond substituents is 1. The van der Waals surface area contributed by atoms with Gasteiger partial charge in [0, 0.05) is 36.3 Å². The number of rotatable bonds is 7. The molecule has 4 N–H and O–H groups in total. The van der Waals surface area contributed by atoms with Gasteiger partial charge in [-0.05, 0) is 62.2 Å². The first-order valence-electron chi connectivity index (χ1n) is 9.52. The highest BCUT2D eigenvalue weighted by molar-refractivity contribution is 5.73. The minimum Gasteiger partial charge on any atom is -0.508 e. The number of aryl methyl sites for hydroxylation is 2. The van der Waals surface area contributed by atoms with Crippen LogP contribution in [-0.2, 0) is 12.8 Å². The van der Waals surface area contributed by atoms with Crippen molar-refractivity contribution in [2.75, 3.05) is 30.8 Å². The second kappa shape index (κ2) is 8.22. The molecule has 28 heavy (non-hydrogen) atoms. The molecule has 144 valence electrons. The number of benzene rings is 1. The second-order valence-corrected chi connectivity index (χ2v) is 6.85. The molecule has 4 rings (SSSR count). The van der Waals surface area contributed by atoms with Gasteiger partial charge in [0.1, 0.15) is 11.6 Å². The largest absolute Gasteiger partial charge is 0.508 e. The van der Waals surface area contributed by atoms with Crippen molar-refractivity contribution in [1.82, 2.24) is 20.3 Å². The van der Waals surface area contributed by atoms with E-state index in [0.717, 1.165) is 60.7 Å². The molecule has 1 aliphatic rings. The Balaban J connectivity index is 1.59. The Labute approximate surface area is 164 Å². The molecule has 0 atom stereocenters. The third-order valence-corrected chi connectivity index (χ3v) is 4.78. The lowest BCUT2D eigenvalue weighted by molar-refractivity contribution is 0.475. The normalized spacial score (nSPS) is 12.2. The molecule has 0 aliphatic heterocycles. The lowest BCUT2D eigenvalue weighted by Gasteiger charge is -2.20. The van der Waals surface area contributed by atoms with Gasteiger partial charge in [-0.2, -0.15) is 0 Å².